The van der Waals surface area contributed by atoms with Crippen molar-refractivity contribution in [2.45, 2.75) is 6.42 Å². The first kappa shape index (κ1) is 10.1. The molecule has 0 aliphatic rings. The smallest absolute Gasteiger partial charge is 0.0442 e. The molecule has 1 N–H and O–H groups in total. The van der Waals surface area contributed by atoms with Gasteiger partial charge >= 0.3 is 0 Å². The first-order valence-electron chi connectivity index (χ1n) is 2.08. The molecule has 0 aliphatic carbocycles. The van der Waals surface area contributed by atoms with Crippen molar-refractivity contribution in [3.05, 3.63) is 13.2 Å². The van der Waals surface area contributed by atoms with E-state index < -0.39 is 0 Å². The predicted octanol–water partition coefficient (Wildman–Crippen LogP) is 1.41. The maximum atomic E-state index is 7.98. The zero-order valence-corrected chi connectivity index (χ0v) is 5.12. The molecule has 7 heavy (non-hydrogen) atoms. The fourth-order valence-electron chi connectivity index (χ4n) is 0.0598. The van der Waals surface area contributed by atoms with Gasteiger partial charge in [-0.25, -0.2) is 0 Å². The highest BCUT2D eigenvalue weighted by atomic mass is 35.5. The number of aliphatic hydroxyl groups excluding tert-OH is 1. The third kappa shape index (κ3) is 24.1. The summed E-state index contributed by atoms with van der Waals surface area (Å²) in [6.45, 7) is 6.21. The van der Waals surface area contributed by atoms with Crippen LogP contribution in [-0.4, -0.2) is 17.6 Å². The Hall–Kier alpha value is -0.0100. The number of rotatable bonds is 2. The van der Waals surface area contributed by atoms with Crippen molar-refractivity contribution >= 4 is 11.6 Å². The minimum atomic E-state index is 0.212. The molecule has 0 fully saturated rings. The molecule has 0 aromatic heterocycles. The molecule has 0 aliphatic heterocycles. The number of alkyl halides is 1. The van der Waals surface area contributed by atoms with Crippen molar-refractivity contribution < 1.29 is 5.11 Å². The molecule has 0 saturated carbocycles. The van der Waals surface area contributed by atoms with Crippen LogP contribution < -0.4 is 0 Å². The van der Waals surface area contributed by atoms with E-state index in [9.17, 15) is 0 Å². The third-order valence-corrected chi connectivity index (χ3v) is 0.559. The van der Waals surface area contributed by atoms with Crippen molar-refractivity contribution in [2.24, 2.45) is 0 Å². The van der Waals surface area contributed by atoms with E-state index in [1.54, 1.807) is 0 Å². The summed E-state index contributed by atoms with van der Waals surface area (Å²) in [5.41, 5.74) is 0. The Bertz CT molecular complexity index is 22.0. The van der Waals surface area contributed by atoms with Crippen molar-refractivity contribution in [3.63, 3.8) is 0 Å². The Kier molecular flexibility index (Phi) is 24.0. The number of aliphatic hydroxyl groups is 1. The molecule has 0 spiro atoms. The van der Waals surface area contributed by atoms with Gasteiger partial charge in [-0.3, -0.25) is 0 Å². The second-order valence-electron chi connectivity index (χ2n) is 0.766. The van der Waals surface area contributed by atoms with E-state index in [0.717, 1.165) is 0 Å². The van der Waals surface area contributed by atoms with E-state index in [1.165, 1.54) is 0 Å². The normalized spacial score (nSPS) is 6.57. The van der Waals surface area contributed by atoms with E-state index in [-0.39, 0.29) is 6.61 Å². The summed E-state index contributed by atoms with van der Waals surface area (Å²) in [6.07, 6.45) is 0.710. The molecule has 0 saturated heterocycles. The molecule has 0 aromatic rings. The van der Waals surface area contributed by atoms with E-state index in [4.69, 9.17) is 16.7 Å². The molecule has 0 heterocycles. The van der Waals surface area contributed by atoms with Gasteiger partial charge in [0.2, 0.25) is 0 Å². The van der Waals surface area contributed by atoms with Crippen molar-refractivity contribution in [2.75, 3.05) is 12.5 Å². The van der Waals surface area contributed by atoms with Crippen LogP contribution in [0.5, 0.6) is 0 Å². The van der Waals surface area contributed by atoms with E-state index in [1.807, 2.05) is 0 Å². The average Bonchev–Trinajstić information content (AvgIpc) is 1.75. The van der Waals surface area contributed by atoms with Crippen molar-refractivity contribution in [3.8, 4) is 0 Å². The van der Waals surface area contributed by atoms with Gasteiger partial charge in [0.25, 0.3) is 0 Å². The van der Waals surface area contributed by atoms with Gasteiger partial charge in [-0.2, -0.15) is 0 Å². The molecule has 0 radical (unpaired) electrons. The molecule has 0 bridgehead atoms. The minimum absolute atomic E-state index is 0.212. The topological polar surface area (TPSA) is 20.2 Å². The highest BCUT2D eigenvalue weighted by Crippen LogP contribution is 1.77. The van der Waals surface area contributed by atoms with Crippen LogP contribution in [0.15, 0.2) is 13.2 Å². The number of hydrogen-bond acceptors (Lipinski definition) is 1. The molecule has 44 valence electrons. The van der Waals surface area contributed by atoms with Crippen LogP contribution in [0.4, 0.5) is 0 Å². The standard InChI is InChI=1S/C3H7ClO.C2H4/c4-2-1-3-5;1-2/h5H,1-3H2;1-2H2. The Morgan fingerprint density at radius 2 is 1.86 bits per heavy atom. The third-order valence-electron chi connectivity index (χ3n) is 0.292. The van der Waals surface area contributed by atoms with Crippen LogP contribution in [0.25, 0.3) is 0 Å². The van der Waals surface area contributed by atoms with Gasteiger partial charge in [-0.1, -0.05) is 0 Å². The first-order chi connectivity index (χ1) is 3.41. The van der Waals surface area contributed by atoms with Crippen LogP contribution in [0, 0.1) is 0 Å². The van der Waals surface area contributed by atoms with Crippen LogP contribution in [0.3, 0.4) is 0 Å². The van der Waals surface area contributed by atoms with Gasteiger partial charge in [-0.15, -0.1) is 24.8 Å². The molecule has 0 unspecified atom stereocenters. The second-order valence-corrected chi connectivity index (χ2v) is 1.14. The van der Waals surface area contributed by atoms with E-state index in [0.29, 0.717) is 12.3 Å². The highest BCUT2D eigenvalue weighted by Gasteiger charge is 1.71. The average molecular weight is 123 g/mol. The van der Waals surface area contributed by atoms with Gasteiger partial charge in [0.1, 0.15) is 0 Å². The van der Waals surface area contributed by atoms with Gasteiger partial charge in [0, 0.05) is 12.5 Å². The molecular weight excluding hydrogens is 112 g/mol. The minimum Gasteiger partial charge on any atom is -0.396 e. The predicted molar refractivity (Wildman–Crippen MR) is 33.7 cm³/mol. The zero-order chi connectivity index (χ0) is 6.12. The molecule has 0 aromatic carbocycles. The lowest BCUT2D eigenvalue weighted by Gasteiger charge is -1.77. The summed E-state index contributed by atoms with van der Waals surface area (Å²) in [5.74, 6) is 0.566. The van der Waals surface area contributed by atoms with Gasteiger partial charge in [-0.05, 0) is 6.42 Å². The molecule has 0 amide bonds. The van der Waals surface area contributed by atoms with Crippen LogP contribution in [-0.2, 0) is 0 Å². The zero-order valence-electron chi connectivity index (χ0n) is 4.36. The molecule has 2 heteroatoms. The fourth-order valence-corrected chi connectivity index (χ4v) is 0.179. The van der Waals surface area contributed by atoms with Crippen molar-refractivity contribution in [1.82, 2.24) is 0 Å². The Balaban J connectivity index is 0. The maximum absolute atomic E-state index is 7.98. The summed E-state index contributed by atoms with van der Waals surface area (Å²) in [7, 11) is 0. The summed E-state index contributed by atoms with van der Waals surface area (Å²) in [6, 6.07) is 0. The monoisotopic (exact) mass is 122 g/mol. The second kappa shape index (κ2) is 16.7. The van der Waals surface area contributed by atoms with E-state index >= 15 is 0 Å². The van der Waals surface area contributed by atoms with Crippen LogP contribution >= 0.6 is 11.6 Å². The lowest BCUT2D eigenvalue weighted by Crippen LogP contribution is -1.79. The quantitative estimate of drug-likeness (QED) is 0.434. The van der Waals surface area contributed by atoms with Gasteiger partial charge in [0.05, 0.1) is 0 Å². The Morgan fingerprint density at radius 1 is 1.43 bits per heavy atom. The van der Waals surface area contributed by atoms with Gasteiger partial charge in [0.15, 0.2) is 0 Å². The largest absolute Gasteiger partial charge is 0.396 e. The Morgan fingerprint density at radius 3 is 1.86 bits per heavy atom. The lowest BCUT2D eigenvalue weighted by atomic mass is 10.5. The maximum Gasteiger partial charge on any atom is 0.0442 e. The van der Waals surface area contributed by atoms with Crippen LogP contribution in [0.1, 0.15) is 6.42 Å². The van der Waals surface area contributed by atoms with E-state index in [2.05, 4.69) is 13.2 Å². The number of hydrogen-bond donors (Lipinski definition) is 1. The van der Waals surface area contributed by atoms with Crippen LogP contribution in [0.2, 0.25) is 0 Å². The summed E-state index contributed by atoms with van der Waals surface area (Å²) in [4.78, 5) is 0. The summed E-state index contributed by atoms with van der Waals surface area (Å²) < 4.78 is 0. The Labute approximate surface area is 49.6 Å². The van der Waals surface area contributed by atoms with Crippen molar-refractivity contribution in [1.29, 1.82) is 0 Å². The summed E-state index contributed by atoms with van der Waals surface area (Å²) >= 11 is 5.14. The first-order valence-corrected chi connectivity index (χ1v) is 2.62. The van der Waals surface area contributed by atoms with Gasteiger partial charge < -0.3 is 5.11 Å². The molecule has 1 nitrogen and oxygen atoms in total. The fraction of sp³-hybridized carbons (Fsp3) is 0.600. The summed E-state index contributed by atoms with van der Waals surface area (Å²) in [5, 5.41) is 7.98. The SMILES string of the molecule is C=C.OCCCCl. The molecule has 0 rings (SSSR count). The molecular formula is C5H11ClO. The lowest BCUT2D eigenvalue weighted by molar-refractivity contribution is 0.296. The number of halogens is 1. The molecule has 0 atom stereocenters. The highest BCUT2D eigenvalue weighted by molar-refractivity contribution is 6.17.